The summed E-state index contributed by atoms with van der Waals surface area (Å²) in [5, 5.41) is 3.09. The Balaban J connectivity index is 1.28. The molecule has 1 aromatic rings. The van der Waals surface area contributed by atoms with Crippen LogP contribution in [-0.4, -0.2) is 103 Å². The summed E-state index contributed by atoms with van der Waals surface area (Å²) in [4.78, 5) is 38.3. The molecule has 4 heterocycles. The molecule has 0 unspecified atom stereocenters. The predicted molar refractivity (Wildman–Crippen MR) is 112 cm³/mol. The normalized spacial score (nSPS) is 28.8. The number of rotatable bonds is 4. The van der Waals surface area contributed by atoms with Gasteiger partial charge in [-0.2, -0.15) is 0 Å². The Bertz CT molecular complexity index is 721. The molecule has 2 amide bonds. The van der Waals surface area contributed by atoms with Gasteiger partial charge in [-0.25, -0.2) is 4.98 Å². The van der Waals surface area contributed by atoms with E-state index in [9.17, 15) is 9.59 Å². The van der Waals surface area contributed by atoms with Gasteiger partial charge in [-0.15, -0.1) is 0 Å². The van der Waals surface area contributed by atoms with E-state index in [-0.39, 0.29) is 29.9 Å². The number of piperazine rings is 1. The van der Waals surface area contributed by atoms with Crippen molar-refractivity contribution in [1.29, 1.82) is 0 Å². The second-order valence-corrected chi connectivity index (χ2v) is 8.44. The lowest BCUT2D eigenvalue weighted by molar-refractivity contribution is -0.132. The van der Waals surface area contributed by atoms with Gasteiger partial charge in [0.05, 0.1) is 0 Å². The molecule has 3 aliphatic heterocycles. The molecule has 8 heteroatoms. The molecular formula is C21H32N6O2. The molecule has 8 nitrogen and oxygen atoms in total. The van der Waals surface area contributed by atoms with Crippen LogP contribution < -0.4 is 10.2 Å². The minimum Gasteiger partial charge on any atom is -0.353 e. The summed E-state index contributed by atoms with van der Waals surface area (Å²) in [6.45, 7) is 4.68. The van der Waals surface area contributed by atoms with E-state index in [1.54, 1.807) is 0 Å². The predicted octanol–water partition coefficient (Wildman–Crippen LogP) is 0.0133. The summed E-state index contributed by atoms with van der Waals surface area (Å²) in [6.07, 6.45) is 4.12. The van der Waals surface area contributed by atoms with Crippen LogP contribution >= 0.6 is 0 Å². The van der Waals surface area contributed by atoms with Gasteiger partial charge in [0.2, 0.25) is 11.8 Å². The highest BCUT2D eigenvalue weighted by molar-refractivity contribution is 5.83. The average Bonchev–Trinajstić information content (AvgIpc) is 3.09. The third kappa shape index (κ3) is 4.23. The maximum Gasteiger partial charge on any atom is 0.239 e. The number of amides is 2. The van der Waals surface area contributed by atoms with Crippen molar-refractivity contribution < 1.29 is 9.59 Å². The topological polar surface area (TPSA) is 72.0 Å². The SMILES string of the molecule is CN1CC[C@@H]2[C@H]1C(=O)NC[C@H](CCC(=O)N1CCN(c3ccccn3)CC1)N2C. The van der Waals surface area contributed by atoms with E-state index in [0.717, 1.165) is 51.4 Å². The van der Waals surface area contributed by atoms with Crippen LogP contribution in [0.2, 0.25) is 0 Å². The molecule has 3 saturated heterocycles. The van der Waals surface area contributed by atoms with Gasteiger partial charge in [-0.1, -0.05) is 6.07 Å². The Hall–Kier alpha value is -2.19. The summed E-state index contributed by atoms with van der Waals surface area (Å²) < 4.78 is 0. The number of fused-ring (bicyclic) bond motifs is 1. The van der Waals surface area contributed by atoms with E-state index in [2.05, 4.69) is 32.0 Å². The minimum absolute atomic E-state index is 0.0691. The van der Waals surface area contributed by atoms with Crippen molar-refractivity contribution in [3.63, 3.8) is 0 Å². The molecule has 1 aromatic heterocycles. The molecule has 0 radical (unpaired) electrons. The Morgan fingerprint density at radius 3 is 2.69 bits per heavy atom. The van der Waals surface area contributed by atoms with Crippen LogP contribution in [0.3, 0.4) is 0 Å². The van der Waals surface area contributed by atoms with Crippen molar-refractivity contribution in [1.82, 2.24) is 25.0 Å². The summed E-state index contributed by atoms with van der Waals surface area (Å²) >= 11 is 0. The number of nitrogens with zero attached hydrogens (tertiary/aromatic N) is 5. The van der Waals surface area contributed by atoms with Gasteiger partial charge in [0, 0.05) is 64.0 Å². The summed E-state index contributed by atoms with van der Waals surface area (Å²) in [7, 11) is 4.13. The number of nitrogens with one attached hydrogen (secondary N) is 1. The fourth-order valence-electron chi connectivity index (χ4n) is 4.95. The number of hydrogen-bond acceptors (Lipinski definition) is 6. The molecule has 3 fully saturated rings. The van der Waals surface area contributed by atoms with Gasteiger partial charge in [0.1, 0.15) is 11.9 Å². The van der Waals surface area contributed by atoms with Crippen LogP contribution in [0.4, 0.5) is 5.82 Å². The van der Waals surface area contributed by atoms with E-state index in [4.69, 9.17) is 0 Å². The number of likely N-dealkylation sites (N-methyl/N-ethyl adjacent to an activating group) is 2. The second-order valence-electron chi connectivity index (χ2n) is 8.44. The van der Waals surface area contributed by atoms with Gasteiger partial charge >= 0.3 is 0 Å². The third-order valence-corrected chi connectivity index (χ3v) is 6.79. The smallest absolute Gasteiger partial charge is 0.239 e. The van der Waals surface area contributed by atoms with Crippen molar-refractivity contribution in [3.05, 3.63) is 24.4 Å². The largest absolute Gasteiger partial charge is 0.353 e. The Morgan fingerprint density at radius 1 is 1.17 bits per heavy atom. The Kier molecular flexibility index (Phi) is 6.01. The van der Waals surface area contributed by atoms with Crippen molar-refractivity contribution in [2.75, 3.05) is 58.3 Å². The first-order valence-corrected chi connectivity index (χ1v) is 10.7. The zero-order chi connectivity index (χ0) is 20.4. The van der Waals surface area contributed by atoms with E-state index < -0.39 is 0 Å². The fraction of sp³-hybridized carbons (Fsp3) is 0.667. The quantitative estimate of drug-likeness (QED) is 0.768. The van der Waals surface area contributed by atoms with Crippen LogP contribution in [0, 0.1) is 0 Å². The van der Waals surface area contributed by atoms with Crippen LogP contribution in [0.15, 0.2) is 24.4 Å². The summed E-state index contributed by atoms with van der Waals surface area (Å²) in [5.41, 5.74) is 0. The number of carbonyl (C=O) groups excluding carboxylic acids is 2. The van der Waals surface area contributed by atoms with Crippen LogP contribution in [0.25, 0.3) is 0 Å². The monoisotopic (exact) mass is 400 g/mol. The molecule has 29 heavy (non-hydrogen) atoms. The molecule has 3 atom stereocenters. The lowest BCUT2D eigenvalue weighted by Crippen LogP contribution is -2.50. The van der Waals surface area contributed by atoms with E-state index in [1.807, 2.05) is 36.3 Å². The van der Waals surface area contributed by atoms with Crippen LogP contribution in [0.5, 0.6) is 0 Å². The van der Waals surface area contributed by atoms with E-state index in [1.165, 1.54) is 0 Å². The molecule has 158 valence electrons. The molecule has 0 saturated carbocycles. The molecule has 0 spiro atoms. The highest BCUT2D eigenvalue weighted by Crippen LogP contribution is 2.26. The summed E-state index contributed by atoms with van der Waals surface area (Å²) in [6, 6.07) is 6.31. The number of carbonyl (C=O) groups is 2. The number of anilines is 1. The number of pyridine rings is 1. The molecular weight excluding hydrogens is 368 g/mol. The first-order valence-electron chi connectivity index (χ1n) is 10.7. The molecule has 1 N–H and O–H groups in total. The Labute approximate surface area is 172 Å². The van der Waals surface area contributed by atoms with E-state index >= 15 is 0 Å². The van der Waals surface area contributed by atoms with Gasteiger partial charge in [0.15, 0.2) is 0 Å². The van der Waals surface area contributed by atoms with Crippen LogP contribution in [-0.2, 0) is 9.59 Å². The first kappa shape index (κ1) is 20.1. The molecule has 4 rings (SSSR count). The molecule has 0 aliphatic carbocycles. The third-order valence-electron chi connectivity index (χ3n) is 6.79. The highest BCUT2D eigenvalue weighted by Gasteiger charge is 2.43. The van der Waals surface area contributed by atoms with Crippen molar-refractivity contribution in [2.45, 2.75) is 37.4 Å². The van der Waals surface area contributed by atoms with Crippen molar-refractivity contribution in [3.8, 4) is 0 Å². The molecule has 3 aliphatic rings. The first-order chi connectivity index (χ1) is 14.0. The van der Waals surface area contributed by atoms with Gasteiger partial charge in [-0.05, 0) is 39.1 Å². The lowest BCUT2D eigenvalue weighted by atomic mass is 10.0. The van der Waals surface area contributed by atoms with Gasteiger partial charge in [-0.3, -0.25) is 19.4 Å². The zero-order valence-electron chi connectivity index (χ0n) is 17.5. The maximum atomic E-state index is 12.8. The van der Waals surface area contributed by atoms with Gasteiger partial charge < -0.3 is 15.1 Å². The number of hydrogen-bond donors (Lipinski definition) is 1. The maximum absolute atomic E-state index is 12.8. The number of likely N-dealkylation sites (tertiary alicyclic amines) is 1. The lowest BCUT2D eigenvalue weighted by Gasteiger charge is -2.36. The molecule has 0 aromatic carbocycles. The van der Waals surface area contributed by atoms with E-state index in [0.29, 0.717) is 13.0 Å². The molecule has 0 bridgehead atoms. The Morgan fingerprint density at radius 2 is 1.97 bits per heavy atom. The van der Waals surface area contributed by atoms with Gasteiger partial charge in [0.25, 0.3) is 0 Å². The van der Waals surface area contributed by atoms with Crippen molar-refractivity contribution in [2.24, 2.45) is 0 Å². The minimum atomic E-state index is -0.0691. The summed E-state index contributed by atoms with van der Waals surface area (Å²) in [5.74, 6) is 1.32. The average molecular weight is 401 g/mol. The standard InChI is InChI=1S/C21H32N6O2/c1-24-10-8-17-20(24)21(29)23-15-16(25(17)2)6-7-19(28)27-13-11-26(12-14-27)18-5-3-4-9-22-18/h3-5,9,16-17,20H,6-8,10-15H2,1-2H3,(H,23,29)/t16-,17+,20-/m0/s1. The zero-order valence-corrected chi connectivity index (χ0v) is 17.5. The fourth-order valence-corrected chi connectivity index (χ4v) is 4.95. The van der Waals surface area contributed by atoms with Crippen LogP contribution in [0.1, 0.15) is 19.3 Å². The van der Waals surface area contributed by atoms with Crippen molar-refractivity contribution >= 4 is 17.6 Å². The second kappa shape index (κ2) is 8.67. The highest BCUT2D eigenvalue weighted by atomic mass is 16.2. The number of aromatic nitrogens is 1.